The van der Waals surface area contributed by atoms with E-state index in [0.717, 1.165) is 12.8 Å². The van der Waals surface area contributed by atoms with Gasteiger partial charge in [-0.3, -0.25) is 9.36 Å². The van der Waals surface area contributed by atoms with Crippen molar-refractivity contribution in [3.8, 4) is 17.2 Å². The van der Waals surface area contributed by atoms with Crippen LogP contribution in [-0.4, -0.2) is 30.9 Å². The van der Waals surface area contributed by atoms with Gasteiger partial charge in [-0.05, 0) is 24.5 Å². The molecule has 1 fully saturated rings. The molecule has 6 nitrogen and oxygen atoms in total. The van der Waals surface area contributed by atoms with Crippen molar-refractivity contribution in [2.75, 3.05) is 21.3 Å². The Bertz CT molecular complexity index is 1070. The summed E-state index contributed by atoms with van der Waals surface area (Å²) in [4.78, 5) is 18.0. The molecule has 1 heterocycles. The van der Waals surface area contributed by atoms with E-state index in [2.05, 4.69) is 29.2 Å². The molecule has 2 aromatic carbocycles. The summed E-state index contributed by atoms with van der Waals surface area (Å²) in [5.41, 5.74) is 1.62. The summed E-state index contributed by atoms with van der Waals surface area (Å²) < 4.78 is 18.1. The zero-order chi connectivity index (χ0) is 20.4. The van der Waals surface area contributed by atoms with Crippen molar-refractivity contribution in [2.24, 2.45) is 0 Å². The van der Waals surface area contributed by atoms with E-state index in [1.54, 1.807) is 24.1 Å². The van der Waals surface area contributed by atoms with Crippen molar-refractivity contribution in [1.29, 1.82) is 0 Å². The predicted molar refractivity (Wildman–Crippen MR) is 112 cm³/mol. The molecule has 3 aromatic rings. The summed E-state index contributed by atoms with van der Waals surface area (Å²) in [6.07, 6.45) is 6.10. The smallest absolute Gasteiger partial charge is 0.261 e. The third kappa shape index (κ3) is 3.22. The van der Waals surface area contributed by atoms with Crippen LogP contribution in [0, 0.1) is 0 Å². The molecule has 0 radical (unpaired) electrons. The van der Waals surface area contributed by atoms with Gasteiger partial charge >= 0.3 is 0 Å². The first-order chi connectivity index (χ1) is 14.1. The summed E-state index contributed by atoms with van der Waals surface area (Å²) in [6, 6.07) is 12.2. The van der Waals surface area contributed by atoms with E-state index >= 15 is 0 Å². The number of hydrogen-bond donors (Lipinski definition) is 0. The molecule has 0 spiro atoms. The molecule has 1 aliphatic carbocycles. The predicted octanol–water partition coefficient (Wildman–Crippen LogP) is 3.93. The first-order valence-electron chi connectivity index (χ1n) is 9.87. The van der Waals surface area contributed by atoms with E-state index in [1.807, 2.05) is 6.07 Å². The van der Waals surface area contributed by atoms with Gasteiger partial charge in [0, 0.05) is 12.0 Å². The molecular formula is C23H26N2O4. The van der Waals surface area contributed by atoms with Gasteiger partial charge in [-0.15, -0.1) is 0 Å². The second-order valence-electron chi connectivity index (χ2n) is 7.57. The number of fused-ring (bicyclic) bond motifs is 1. The molecule has 0 N–H and O–H groups in total. The van der Waals surface area contributed by atoms with Crippen LogP contribution in [0.4, 0.5) is 0 Å². The van der Waals surface area contributed by atoms with Crippen molar-refractivity contribution >= 4 is 10.9 Å². The third-order valence-corrected chi connectivity index (χ3v) is 6.04. The Hall–Kier alpha value is -3.02. The number of methoxy groups -OCH3 is 3. The first kappa shape index (κ1) is 19.3. The van der Waals surface area contributed by atoms with Gasteiger partial charge in [0.1, 0.15) is 5.52 Å². The van der Waals surface area contributed by atoms with E-state index in [9.17, 15) is 4.79 Å². The van der Waals surface area contributed by atoms with E-state index in [-0.39, 0.29) is 11.0 Å². The molecule has 1 saturated carbocycles. The van der Waals surface area contributed by atoms with Crippen LogP contribution in [-0.2, 0) is 12.0 Å². The second kappa shape index (κ2) is 7.78. The zero-order valence-electron chi connectivity index (χ0n) is 17.1. The Labute approximate surface area is 170 Å². The molecule has 6 heteroatoms. The zero-order valence-corrected chi connectivity index (χ0v) is 17.1. The topological polar surface area (TPSA) is 62.6 Å². The fourth-order valence-corrected chi connectivity index (χ4v) is 4.59. The highest BCUT2D eigenvalue weighted by Crippen LogP contribution is 2.43. The van der Waals surface area contributed by atoms with Gasteiger partial charge in [-0.25, -0.2) is 4.98 Å². The number of aromatic nitrogens is 2. The van der Waals surface area contributed by atoms with Crippen LogP contribution in [0.25, 0.3) is 10.9 Å². The SMILES string of the molecule is COc1cc2c(=O)n(CC3(c4ccccc4)CCCC3)cnc2c(OC)c1OC. The minimum atomic E-state index is -0.101. The summed E-state index contributed by atoms with van der Waals surface area (Å²) in [7, 11) is 4.62. The molecule has 4 rings (SSSR count). The maximum absolute atomic E-state index is 13.4. The largest absolute Gasteiger partial charge is 0.493 e. The van der Waals surface area contributed by atoms with Crippen LogP contribution < -0.4 is 19.8 Å². The molecule has 152 valence electrons. The minimum Gasteiger partial charge on any atom is -0.493 e. The van der Waals surface area contributed by atoms with Crippen LogP contribution in [0.2, 0.25) is 0 Å². The molecular weight excluding hydrogens is 368 g/mol. The lowest BCUT2D eigenvalue weighted by molar-refractivity contribution is 0.326. The fourth-order valence-electron chi connectivity index (χ4n) is 4.59. The van der Waals surface area contributed by atoms with Crippen LogP contribution >= 0.6 is 0 Å². The number of nitrogens with zero attached hydrogens (tertiary/aromatic N) is 2. The van der Waals surface area contributed by atoms with Gasteiger partial charge < -0.3 is 14.2 Å². The van der Waals surface area contributed by atoms with Crippen LogP contribution in [0.3, 0.4) is 0 Å². The van der Waals surface area contributed by atoms with Gasteiger partial charge in [0.05, 0.1) is 33.0 Å². The molecule has 29 heavy (non-hydrogen) atoms. The normalized spacial score (nSPS) is 15.4. The Balaban J connectivity index is 1.85. The van der Waals surface area contributed by atoms with Crippen LogP contribution in [0.5, 0.6) is 17.2 Å². The average molecular weight is 394 g/mol. The molecule has 1 aromatic heterocycles. The Morgan fingerprint density at radius 2 is 1.69 bits per heavy atom. The summed E-state index contributed by atoms with van der Waals surface area (Å²) in [5, 5.41) is 0.461. The van der Waals surface area contributed by atoms with Crippen molar-refractivity contribution < 1.29 is 14.2 Å². The molecule has 0 bridgehead atoms. The van der Waals surface area contributed by atoms with Gasteiger partial charge in [0.2, 0.25) is 5.75 Å². The lowest BCUT2D eigenvalue weighted by Gasteiger charge is -2.30. The maximum Gasteiger partial charge on any atom is 0.261 e. The molecule has 0 unspecified atom stereocenters. The van der Waals surface area contributed by atoms with Gasteiger partial charge in [0.15, 0.2) is 11.5 Å². The fraction of sp³-hybridized carbons (Fsp3) is 0.391. The monoisotopic (exact) mass is 394 g/mol. The van der Waals surface area contributed by atoms with Gasteiger partial charge in [-0.1, -0.05) is 43.2 Å². The average Bonchev–Trinajstić information content (AvgIpc) is 3.24. The summed E-state index contributed by atoms with van der Waals surface area (Å²) in [5.74, 6) is 1.29. The molecule has 0 aliphatic heterocycles. The van der Waals surface area contributed by atoms with Crippen LogP contribution in [0.15, 0.2) is 47.5 Å². The number of benzene rings is 2. The van der Waals surface area contributed by atoms with Crippen LogP contribution in [0.1, 0.15) is 31.2 Å². The van der Waals surface area contributed by atoms with Gasteiger partial charge in [-0.2, -0.15) is 0 Å². The van der Waals surface area contributed by atoms with E-state index in [4.69, 9.17) is 14.2 Å². The molecule has 0 saturated heterocycles. The highest BCUT2D eigenvalue weighted by molar-refractivity contribution is 5.89. The first-order valence-corrected chi connectivity index (χ1v) is 9.87. The maximum atomic E-state index is 13.4. The molecule has 0 amide bonds. The third-order valence-electron chi connectivity index (χ3n) is 6.04. The summed E-state index contributed by atoms with van der Waals surface area (Å²) in [6.45, 7) is 0.607. The quantitative estimate of drug-likeness (QED) is 0.634. The van der Waals surface area contributed by atoms with Crippen molar-refractivity contribution in [3.63, 3.8) is 0 Å². The Morgan fingerprint density at radius 3 is 2.31 bits per heavy atom. The summed E-state index contributed by atoms with van der Waals surface area (Å²) >= 11 is 0. The molecule has 0 atom stereocenters. The Kier molecular flexibility index (Phi) is 5.18. The minimum absolute atomic E-state index is 0.0406. The van der Waals surface area contributed by atoms with Crippen molar-refractivity contribution in [2.45, 2.75) is 37.6 Å². The lowest BCUT2D eigenvalue weighted by atomic mass is 9.78. The number of rotatable bonds is 6. The standard InChI is InChI=1S/C23H26N2O4/c1-27-18-13-17-19(21(29-3)20(18)28-2)24-15-25(22(17)26)14-23(11-7-8-12-23)16-9-5-4-6-10-16/h4-6,9-10,13,15H,7-8,11-12,14H2,1-3H3. The van der Waals surface area contributed by atoms with E-state index < -0.39 is 0 Å². The van der Waals surface area contributed by atoms with Crippen molar-refractivity contribution in [3.05, 3.63) is 58.6 Å². The highest BCUT2D eigenvalue weighted by Gasteiger charge is 2.36. The van der Waals surface area contributed by atoms with E-state index in [0.29, 0.717) is 34.7 Å². The lowest BCUT2D eigenvalue weighted by Crippen LogP contribution is -2.34. The molecule has 1 aliphatic rings. The van der Waals surface area contributed by atoms with Gasteiger partial charge in [0.25, 0.3) is 5.56 Å². The van der Waals surface area contributed by atoms with Crippen molar-refractivity contribution in [1.82, 2.24) is 9.55 Å². The Morgan fingerprint density at radius 1 is 1.00 bits per heavy atom. The number of ether oxygens (including phenoxy) is 3. The van der Waals surface area contributed by atoms with E-state index in [1.165, 1.54) is 32.6 Å². The number of hydrogen-bond acceptors (Lipinski definition) is 5. The highest BCUT2D eigenvalue weighted by atomic mass is 16.5. The second-order valence-corrected chi connectivity index (χ2v) is 7.57.